The molecule has 10 nitrogen and oxygen atoms in total. The second kappa shape index (κ2) is 9.24. The van der Waals surface area contributed by atoms with Crippen molar-refractivity contribution >= 4 is 48.9 Å². The zero-order chi connectivity index (χ0) is 24.4. The Morgan fingerprint density at radius 1 is 0.971 bits per heavy atom. The van der Waals surface area contributed by atoms with Gasteiger partial charge >= 0.3 is 6.01 Å². The number of methoxy groups -OCH3 is 2. The summed E-state index contributed by atoms with van der Waals surface area (Å²) >= 11 is 1.47. The number of anilines is 3. The summed E-state index contributed by atoms with van der Waals surface area (Å²) in [6.45, 7) is 0. The molecule has 0 amide bonds. The van der Waals surface area contributed by atoms with Gasteiger partial charge in [-0.25, -0.2) is 13.4 Å². The number of ether oxygens (including phenoxy) is 2. The Labute approximate surface area is 205 Å². The van der Waals surface area contributed by atoms with Crippen LogP contribution in [0.5, 0.6) is 11.9 Å². The van der Waals surface area contributed by atoms with Crippen LogP contribution in [0.4, 0.5) is 16.6 Å². The molecule has 35 heavy (non-hydrogen) atoms. The number of sulfonamides is 1. The second-order valence-electron chi connectivity index (χ2n) is 7.32. The number of para-hydroxylation sites is 1. The van der Waals surface area contributed by atoms with Gasteiger partial charge in [0.1, 0.15) is 0 Å². The lowest BCUT2D eigenvalue weighted by Gasteiger charge is -2.10. The van der Waals surface area contributed by atoms with Crippen LogP contribution in [-0.4, -0.2) is 42.6 Å². The molecular formula is C23H20N6O4S2. The predicted octanol–water partition coefficient (Wildman–Crippen LogP) is 4.64. The number of aromatic nitrogens is 4. The minimum atomic E-state index is -3.89. The first-order valence-corrected chi connectivity index (χ1v) is 12.7. The number of hydrogen-bond donors (Lipinski definition) is 3. The maximum atomic E-state index is 12.8. The van der Waals surface area contributed by atoms with E-state index in [1.54, 1.807) is 12.1 Å². The monoisotopic (exact) mass is 508 g/mol. The molecule has 3 N–H and O–H groups in total. The molecule has 0 fully saturated rings. The lowest BCUT2D eigenvalue weighted by atomic mass is 10.1. The maximum Gasteiger partial charge on any atom is 0.321 e. The molecule has 0 aliphatic rings. The summed E-state index contributed by atoms with van der Waals surface area (Å²) in [4.78, 5) is 16.0. The summed E-state index contributed by atoms with van der Waals surface area (Å²) in [6.07, 6.45) is 1.94. The molecule has 3 heterocycles. The van der Waals surface area contributed by atoms with Crippen LogP contribution in [0.1, 0.15) is 0 Å². The SMILES string of the molecule is COc1cc(NS(=O)(=O)c2ccc(Nc3nc(-c4c[nH]c5ccccc45)cs3)cc2)nc(OC)n1. The van der Waals surface area contributed by atoms with Crippen LogP contribution in [0.2, 0.25) is 0 Å². The highest BCUT2D eigenvalue weighted by Crippen LogP contribution is 2.32. The molecule has 5 rings (SSSR count). The number of nitrogens with zero attached hydrogens (tertiary/aromatic N) is 3. The standard InChI is InChI=1S/C23H20N6O4S2/c1-32-21-11-20(27-22(28-21)33-2)29-35(30,31)15-9-7-14(8-10-15)25-23-26-19(13-34-23)17-12-24-18-6-4-3-5-16(17)18/h3-13,24H,1-2H3,(H,25,26)(H,27,28,29). The largest absolute Gasteiger partial charge is 0.481 e. The van der Waals surface area contributed by atoms with E-state index in [0.717, 1.165) is 22.2 Å². The van der Waals surface area contributed by atoms with E-state index in [9.17, 15) is 8.42 Å². The minimum absolute atomic E-state index is 0.0166. The van der Waals surface area contributed by atoms with E-state index in [-0.39, 0.29) is 22.6 Å². The van der Waals surface area contributed by atoms with Crippen LogP contribution in [0, 0.1) is 0 Å². The number of rotatable bonds is 8. The van der Waals surface area contributed by atoms with Gasteiger partial charge in [-0.15, -0.1) is 11.3 Å². The first-order valence-electron chi connectivity index (χ1n) is 10.3. The third-order valence-electron chi connectivity index (χ3n) is 5.10. The van der Waals surface area contributed by atoms with Gasteiger partial charge in [-0.2, -0.15) is 9.97 Å². The van der Waals surface area contributed by atoms with Gasteiger partial charge in [0.05, 0.1) is 24.8 Å². The van der Waals surface area contributed by atoms with Crippen LogP contribution in [0.25, 0.3) is 22.2 Å². The number of hydrogen-bond acceptors (Lipinski definition) is 9. The Kier molecular flexibility index (Phi) is 5.97. The number of H-pyrrole nitrogens is 1. The second-order valence-corrected chi connectivity index (χ2v) is 9.86. The third kappa shape index (κ3) is 4.74. The molecule has 0 bridgehead atoms. The molecule has 0 atom stereocenters. The molecule has 0 spiro atoms. The first kappa shape index (κ1) is 22.6. The highest BCUT2D eigenvalue weighted by molar-refractivity contribution is 7.92. The quantitative estimate of drug-likeness (QED) is 0.276. The third-order valence-corrected chi connectivity index (χ3v) is 7.23. The molecule has 178 valence electrons. The summed E-state index contributed by atoms with van der Waals surface area (Å²) in [5.41, 5.74) is 3.63. The van der Waals surface area contributed by atoms with E-state index in [0.29, 0.717) is 10.8 Å². The highest BCUT2D eigenvalue weighted by atomic mass is 32.2. The Balaban J connectivity index is 1.31. The Morgan fingerprint density at radius 2 is 1.77 bits per heavy atom. The average molecular weight is 509 g/mol. The Morgan fingerprint density at radius 3 is 2.54 bits per heavy atom. The predicted molar refractivity (Wildman–Crippen MR) is 135 cm³/mol. The molecule has 12 heteroatoms. The summed E-state index contributed by atoms with van der Waals surface area (Å²) < 4.78 is 38.1. The number of nitrogens with one attached hydrogen (secondary N) is 3. The van der Waals surface area contributed by atoms with Crippen LogP contribution in [0.15, 0.2) is 71.1 Å². The molecule has 0 radical (unpaired) electrons. The van der Waals surface area contributed by atoms with E-state index in [1.165, 1.54) is 43.8 Å². The van der Waals surface area contributed by atoms with Gasteiger partial charge in [-0.3, -0.25) is 4.72 Å². The van der Waals surface area contributed by atoms with Crippen LogP contribution in [0.3, 0.4) is 0 Å². The number of benzene rings is 2. The summed E-state index contributed by atoms with van der Waals surface area (Å²) in [5, 5.41) is 6.99. The fourth-order valence-corrected chi connectivity index (χ4v) is 5.15. The van der Waals surface area contributed by atoms with Gasteiger partial charge in [0, 0.05) is 39.8 Å². The van der Waals surface area contributed by atoms with Gasteiger partial charge in [0.15, 0.2) is 10.9 Å². The van der Waals surface area contributed by atoms with Gasteiger partial charge in [0.2, 0.25) is 5.88 Å². The number of fused-ring (bicyclic) bond motifs is 1. The van der Waals surface area contributed by atoms with Crippen molar-refractivity contribution in [1.29, 1.82) is 0 Å². The van der Waals surface area contributed by atoms with E-state index in [1.807, 2.05) is 29.8 Å². The Bertz CT molecular complexity index is 1570. The van der Waals surface area contributed by atoms with E-state index in [4.69, 9.17) is 9.47 Å². The molecule has 0 saturated carbocycles. The summed E-state index contributed by atoms with van der Waals surface area (Å²) in [6, 6.07) is 15.7. The summed E-state index contributed by atoms with van der Waals surface area (Å²) in [7, 11) is -1.10. The van der Waals surface area contributed by atoms with E-state index in [2.05, 4.69) is 36.0 Å². The Hall–Kier alpha value is -4.16. The van der Waals surface area contributed by atoms with Crippen LogP contribution < -0.4 is 19.5 Å². The van der Waals surface area contributed by atoms with Crippen molar-refractivity contribution in [3.8, 4) is 23.1 Å². The molecule has 5 aromatic rings. The zero-order valence-electron chi connectivity index (χ0n) is 18.6. The number of thiazole rings is 1. The topological polar surface area (TPSA) is 131 Å². The van der Waals surface area contributed by atoms with Crippen molar-refractivity contribution in [1.82, 2.24) is 19.9 Å². The fraction of sp³-hybridized carbons (Fsp3) is 0.0870. The van der Waals surface area contributed by atoms with Gasteiger partial charge in [-0.05, 0) is 30.3 Å². The number of aromatic amines is 1. The van der Waals surface area contributed by atoms with Crippen molar-refractivity contribution < 1.29 is 17.9 Å². The summed E-state index contributed by atoms with van der Waals surface area (Å²) in [5.74, 6) is 0.202. The van der Waals surface area contributed by atoms with E-state index >= 15 is 0 Å². The van der Waals surface area contributed by atoms with Gasteiger partial charge in [-0.1, -0.05) is 18.2 Å². The maximum absolute atomic E-state index is 12.8. The van der Waals surface area contributed by atoms with Crippen molar-refractivity contribution in [2.75, 3.05) is 24.3 Å². The fourth-order valence-electron chi connectivity index (χ4n) is 3.43. The van der Waals surface area contributed by atoms with Gasteiger partial charge in [0.25, 0.3) is 10.0 Å². The van der Waals surface area contributed by atoms with Crippen LogP contribution in [-0.2, 0) is 10.0 Å². The molecular weight excluding hydrogens is 488 g/mol. The first-order chi connectivity index (χ1) is 16.9. The highest BCUT2D eigenvalue weighted by Gasteiger charge is 2.17. The molecule has 0 unspecified atom stereocenters. The molecule has 3 aromatic heterocycles. The van der Waals surface area contributed by atoms with Crippen molar-refractivity contribution in [2.45, 2.75) is 4.90 Å². The van der Waals surface area contributed by atoms with Crippen molar-refractivity contribution in [2.24, 2.45) is 0 Å². The zero-order valence-corrected chi connectivity index (χ0v) is 20.3. The normalized spacial score (nSPS) is 11.4. The van der Waals surface area contributed by atoms with E-state index < -0.39 is 10.0 Å². The van der Waals surface area contributed by atoms with Crippen LogP contribution >= 0.6 is 11.3 Å². The lowest BCUT2D eigenvalue weighted by Crippen LogP contribution is -2.14. The average Bonchev–Trinajstić information content (AvgIpc) is 3.50. The lowest BCUT2D eigenvalue weighted by molar-refractivity contribution is 0.353. The minimum Gasteiger partial charge on any atom is -0.481 e. The molecule has 0 aliphatic heterocycles. The van der Waals surface area contributed by atoms with Gasteiger partial charge < -0.3 is 19.8 Å². The molecule has 2 aromatic carbocycles. The van der Waals surface area contributed by atoms with Crippen molar-refractivity contribution in [3.63, 3.8) is 0 Å². The van der Waals surface area contributed by atoms with Crippen molar-refractivity contribution in [3.05, 3.63) is 66.2 Å². The smallest absolute Gasteiger partial charge is 0.321 e. The molecule has 0 saturated heterocycles. The molecule has 0 aliphatic carbocycles.